The molecule has 0 aliphatic carbocycles. The van der Waals surface area contributed by atoms with E-state index in [1.165, 1.54) is 0 Å². The zero-order valence-electron chi connectivity index (χ0n) is 9.91. The smallest absolute Gasteiger partial charge is 0.332 e. The van der Waals surface area contributed by atoms with Crippen LogP contribution in [0.25, 0.3) is 0 Å². The van der Waals surface area contributed by atoms with Gasteiger partial charge in [0.15, 0.2) is 0 Å². The quantitative estimate of drug-likeness (QED) is 0.790. The van der Waals surface area contributed by atoms with Crippen molar-refractivity contribution >= 4 is 29.2 Å². The molecule has 0 heterocycles. The van der Waals surface area contributed by atoms with Gasteiger partial charge in [-0.05, 0) is 32.0 Å². The van der Waals surface area contributed by atoms with Gasteiger partial charge in [-0.1, -0.05) is 29.3 Å². The molecule has 0 N–H and O–H groups in total. The molecule has 0 bridgehead atoms. The second-order valence-corrected chi connectivity index (χ2v) is 3.75. The summed E-state index contributed by atoms with van der Waals surface area (Å²) in [4.78, 5) is 10.5. The Balaban J connectivity index is 0.000000302. The summed E-state index contributed by atoms with van der Waals surface area (Å²) < 4.78 is 9.35. The Morgan fingerprint density at radius 1 is 1.18 bits per heavy atom. The number of carbonyl (C=O) groups is 1. The third-order valence-corrected chi connectivity index (χ3v) is 1.99. The molecule has 0 fully saturated rings. The van der Waals surface area contributed by atoms with Gasteiger partial charge in [-0.25, -0.2) is 4.79 Å². The normalized spacial score (nSPS) is 9.18. The largest absolute Gasteiger partial charge is 0.464 e. The summed E-state index contributed by atoms with van der Waals surface area (Å²) in [5.74, 6) is -0.292. The van der Waals surface area contributed by atoms with Crippen molar-refractivity contribution in [2.24, 2.45) is 0 Å². The van der Waals surface area contributed by atoms with E-state index in [0.717, 1.165) is 0 Å². The van der Waals surface area contributed by atoms with Crippen molar-refractivity contribution in [2.75, 3.05) is 19.8 Å². The fourth-order valence-corrected chi connectivity index (χ4v) is 1.28. The average molecular weight is 279 g/mol. The van der Waals surface area contributed by atoms with Crippen molar-refractivity contribution in [2.45, 2.75) is 13.8 Å². The van der Waals surface area contributed by atoms with Crippen molar-refractivity contribution in [1.29, 1.82) is 0 Å². The van der Waals surface area contributed by atoms with E-state index in [0.29, 0.717) is 23.3 Å². The first-order valence-electron chi connectivity index (χ1n) is 5.24. The van der Waals surface area contributed by atoms with Crippen LogP contribution in [-0.4, -0.2) is 25.8 Å². The minimum absolute atomic E-state index is 0.0737. The first kappa shape index (κ1) is 16.2. The minimum Gasteiger partial charge on any atom is -0.464 e. The molecule has 17 heavy (non-hydrogen) atoms. The van der Waals surface area contributed by atoms with Crippen LogP contribution >= 0.6 is 23.2 Å². The number of halogens is 2. The molecule has 96 valence electrons. The van der Waals surface area contributed by atoms with Crippen LogP contribution in [0.1, 0.15) is 13.8 Å². The molecule has 5 heteroatoms. The molecule has 0 atom stereocenters. The number of benzene rings is 1. The van der Waals surface area contributed by atoms with Crippen LogP contribution in [0, 0.1) is 0 Å². The maximum Gasteiger partial charge on any atom is 0.332 e. The number of hydrogen-bond donors (Lipinski definition) is 0. The number of hydrogen-bond acceptors (Lipinski definition) is 3. The van der Waals surface area contributed by atoms with E-state index in [9.17, 15) is 4.79 Å². The predicted molar refractivity (Wildman–Crippen MR) is 69.6 cm³/mol. The number of esters is 1. The van der Waals surface area contributed by atoms with Crippen LogP contribution in [-0.2, 0) is 14.3 Å². The molecular weight excluding hydrogens is 263 g/mol. The summed E-state index contributed by atoms with van der Waals surface area (Å²) in [6, 6.07) is 7.08. The number of rotatable bonds is 4. The van der Waals surface area contributed by atoms with E-state index in [1.54, 1.807) is 25.1 Å². The SMILES string of the molecule is CCOCC(=O)OCC.Clc1cccc(Cl)c1. The summed E-state index contributed by atoms with van der Waals surface area (Å²) in [6.07, 6.45) is 0. The van der Waals surface area contributed by atoms with Gasteiger partial charge in [0, 0.05) is 16.7 Å². The van der Waals surface area contributed by atoms with Crippen LogP contribution in [0.2, 0.25) is 10.0 Å². The van der Waals surface area contributed by atoms with Gasteiger partial charge in [-0.2, -0.15) is 0 Å². The van der Waals surface area contributed by atoms with Gasteiger partial charge in [0.1, 0.15) is 6.61 Å². The highest BCUT2D eigenvalue weighted by atomic mass is 35.5. The van der Waals surface area contributed by atoms with Gasteiger partial charge in [-0.15, -0.1) is 0 Å². The van der Waals surface area contributed by atoms with E-state index < -0.39 is 0 Å². The standard InChI is InChI=1S/C6H4Cl2.C6H12O3/c7-5-2-1-3-6(8)4-5;1-3-8-5-6(7)9-4-2/h1-4H;3-5H2,1-2H3. The molecule has 0 aliphatic rings. The lowest BCUT2D eigenvalue weighted by Crippen LogP contribution is -2.11. The lowest BCUT2D eigenvalue weighted by molar-refractivity contribution is -0.148. The summed E-state index contributed by atoms with van der Waals surface area (Å²) in [6.45, 7) is 4.65. The first-order chi connectivity index (χ1) is 8.10. The molecule has 0 aromatic heterocycles. The Labute approximate surface area is 112 Å². The lowest BCUT2D eigenvalue weighted by atomic mass is 10.4. The zero-order chi connectivity index (χ0) is 13.1. The summed E-state index contributed by atoms with van der Waals surface area (Å²) in [7, 11) is 0. The van der Waals surface area contributed by atoms with Crippen LogP contribution < -0.4 is 0 Å². The van der Waals surface area contributed by atoms with Crippen molar-refractivity contribution in [3.63, 3.8) is 0 Å². The molecule has 1 aromatic carbocycles. The van der Waals surface area contributed by atoms with Crippen LogP contribution in [0.4, 0.5) is 0 Å². The molecule has 1 rings (SSSR count). The number of ether oxygens (including phenoxy) is 2. The summed E-state index contributed by atoms with van der Waals surface area (Å²) in [5.41, 5.74) is 0. The second-order valence-electron chi connectivity index (χ2n) is 2.88. The minimum atomic E-state index is -0.292. The van der Waals surface area contributed by atoms with Gasteiger partial charge in [0.25, 0.3) is 0 Å². The third-order valence-electron chi connectivity index (χ3n) is 1.52. The molecule has 0 spiro atoms. The fraction of sp³-hybridized carbons (Fsp3) is 0.417. The van der Waals surface area contributed by atoms with Crippen LogP contribution in [0.3, 0.4) is 0 Å². The van der Waals surface area contributed by atoms with Crippen molar-refractivity contribution in [3.8, 4) is 0 Å². The van der Waals surface area contributed by atoms with Gasteiger partial charge in [0.05, 0.1) is 6.61 Å². The van der Waals surface area contributed by atoms with Crippen molar-refractivity contribution in [1.82, 2.24) is 0 Å². The van der Waals surface area contributed by atoms with Crippen LogP contribution in [0.15, 0.2) is 24.3 Å². The van der Waals surface area contributed by atoms with Gasteiger partial charge in [0.2, 0.25) is 0 Å². The summed E-state index contributed by atoms with van der Waals surface area (Å²) in [5, 5.41) is 1.36. The van der Waals surface area contributed by atoms with E-state index in [2.05, 4.69) is 4.74 Å². The molecule has 0 saturated carbocycles. The Morgan fingerprint density at radius 3 is 2.12 bits per heavy atom. The van der Waals surface area contributed by atoms with E-state index >= 15 is 0 Å². The topological polar surface area (TPSA) is 35.5 Å². The fourth-order valence-electron chi connectivity index (χ4n) is 0.848. The lowest BCUT2D eigenvalue weighted by Gasteiger charge is -1.99. The average Bonchev–Trinajstić information content (AvgIpc) is 2.27. The molecule has 1 aromatic rings. The number of carbonyl (C=O) groups excluding carboxylic acids is 1. The Hall–Kier alpha value is -0.770. The first-order valence-corrected chi connectivity index (χ1v) is 6.00. The maximum absolute atomic E-state index is 10.5. The molecule has 0 amide bonds. The molecular formula is C12H16Cl2O3. The van der Waals surface area contributed by atoms with Gasteiger partial charge in [-0.3, -0.25) is 0 Å². The highest BCUT2D eigenvalue weighted by Gasteiger charge is 1.97. The van der Waals surface area contributed by atoms with E-state index in [1.807, 2.05) is 13.0 Å². The molecule has 3 nitrogen and oxygen atoms in total. The third kappa shape index (κ3) is 10.1. The Bertz CT molecular complexity index is 312. The van der Waals surface area contributed by atoms with E-state index in [-0.39, 0.29) is 12.6 Å². The van der Waals surface area contributed by atoms with Gasteiger partial charge < -0.3 is 9.47 Å². The Kier molecular flexibility index (Phi) is 9.92. The predicted octanol–water partition coefficient (Wildman–Crippen LogP) is 3.58. The van der Waals surface area contributed by atoms with Crippen molar-refractivity contribution in [3.05, 3.63) is 34.3 Å². The maximum atomic E-state index is 10.5. The van der Waals surface area contributed by atoms with Crippen molar-refractivity contribution < 1.29 is 14.3 Å². The van der Waals surface area contributed by atoms with E-state index in [4.69, 9.17) is 27.9 Å². The second kappa shape index (κ2) is 10.4. The summed E-state index contributed by atoms with van der Waals surface area (Å²) >= 11 is 11.1. The van der Waals surface area contributed by atoms with Gasteiger partial charge >= 0.3 is 5.97 Å². The van der Waals surface area contributed by atoms with Crippen LogP contribution in [0.5, 0.6) is 0 Å². The highest BCUT2D eigenvalue weighted by Crippen LogP contribution is 2.13. The molecule has 0 unspecified atom stereocenters. The molecule has 0 radical (unpaired) electrons. The highest BCUT2D eigenvalue weighted by molar-refractivity contribution is 6.34. The Morgan fingerprint density at radius 2 is 1.76 bits per heavy atom. The zero-order valence-corrected chi connectivity index (χ0v) is 11.4. The monoisotopic (exact) mass is 278 g/mol. The molecule has 0 aliphatic heterocycles. The molecule has 0 saturated heterocycles.